The van der Waals surface area contributed by atoms with Gasteiger partial charge in [-0.3, -0.25) is 0 Å². The summed E-state index contributed by atoms with van der Waals surface area (Å²) in [5.41, 5.74) is 0.631. The van der Waals surface area contributed by atoms with Gasteiger partial charge in [-0.2, -0.15) is 0 Å². The first-order chi connectivity index (χ1) is 11.7. The Morgan fingerprint density at radius 3 is 1.15 bits per heavy atom. The van der Waals surface area contributed by atoms with Crippen LogP contribution in [0.5, 0.6) is 0 Å². The van der Waals surface area contributed by atoms with Crippen molar-refractivity contribution in [1.82, 2.24) is 12.3 Å². The van der Waals surface area contributed by atoms with Gasteiger partial charge in [0.25, 0.3) is 0 Å². The lowest BCUT2D eigenvalue weighted by molar-refractivity contribution is 0.118. The Labute approximate surface area is 167 Å². The van der Waals surface area contributed by atoms with Crippen LogP contribution in [0.2, 0.25) is 0 Å². The maximum absolute atomic E-state index is 2.42. The lowest BCUT2D eigenvalue weighted by atomic mass is 9.66. The maximum atomic E-state index is 2.42. The third kappa shape index (κ3) is 13.1. The summed E-state index contributed by atoms with van der Waals surface area (Å²) in [7, 11) is 0. The van der Waals surface area contributed by atoms with Crippen LogP contribution >= 0.6 is 0 Å². The van der Waals surface area contributed by atoms with Gasteiger partial charge in [-0.05, 0) is 17.8 Å². The van der Waals surface area contributed by atoms with E-state index in [1.165, 1.54) is 109 Å². The summed E-state index contributed by atoms with van der Waals surface area (Å²) in [6.07, 6.45) is 24.5. The summed E-state index contributed by atoms with van der Waals surface area (Å²) in [6.45, 7) is 12.0. The van der Waals surface area contributed by atoms with Gasteiger partial charge in [-0.1, -0.05) is 137 Å². The van der Waals surface area contributed by atoms with E-state index >= 15 is 0 Å². The molecule has 0 fully saturated rings. The molecule has 6 N–H and O–H groups in total. The summed E-state index contributed by atoms with van der Waals surface area (Å²) < 4.78 is 0. The van der Waals surface area contributed by atoms with Crippen molar-refractivity contribution in [2.75, 3.05) is 0 Å². The van der Waals surface area contributed by atoms with E-state index < -0.39 is 0 Å². The van der Waals surface area contributed by atoms with Crippen molar-refractivity contribution in [3.05, 3.63) is 0 Å². The Balaban J connectivity index is -0.00000264. The fourth-order valence-electron chi connectivity index (χ4n) is 4.79. The number of rotatable bonds is 18. The number of unbranched alkanes of at least 4 members (excludes halogenated alkanes) is 11. The molecular weight excluding hydrogens is 316 g/mol. The highest BCUT2D eigenvalue weighted by atomic mass is 14.4. The molecule has 0 aromatic rings. The predicted molar refractivity (Wildman–Crippen MR) is 123 cm³/mol. The van der Waals surface area contributed by atoms with Crippen LogP contribution in [0.1, 0.15) is 144 Å². The van der Waals surface area contributed by atoms with Crippen LogP contribution in [0.15, 0.2) is 0 Å². The van der Waals surface area contributed by atoms with Crippen LogP contribution in [-0.4, -0.2) is 0 Å². The van der Waals surface area contributed by atoms with Gasteiger partial charge in [0.1, 0.15) is 0 Å². The van der Waals surface area contributed by atoms with Crippen molar-refractivity contribution in [2.45, 2.75) is 144 Å². The van der Waals surface area contributed by atoms with Crippen LogP contribution in [0.3, 0.4) is 0 Å². The van der Waals surface area contributed by atoms with Crippen molar-refractivity contribution in [2.24, 2.45) is 11.3 Å². The van der Waals surface area contributed by atoms with E-state index in [-0.39, 0.29) is 12.3 Å². The van der Waals surface area contributed by atoms with Crippen LogP contribution in [0.4, 0.5) is 0 Å². The largest absolute Gasteiger partial charge is 0.344 e. The Morgan fingerprint density at radius 1 is 0.500 bits per heavy atom. The standard InChI is InChI=1S/C24H50.2H3N/c1-6-11-12-13-14-15-16-17-18-19-20-21-22-23(7-2)24(8-3,9-4)10-5;;/h23H,6-22H2,1-5H3;2*1H3. The minimum absolute atomic E-state index is 0. The highest BCUT2D eigenvalue weighted by Crippen LogP contribution is 2.43. The summed E-state index contributed by atoms with van der Waals surface area (Å²) in [5.74, 6) is 0.959. The third-order valence-corrected chi connectivity index (χ3v) is 6.88. The van der Waals surface area contributed by atoms with Gasteiger partial charge in [0.15, 0.2) is 0 Å². The second-order valence-electron chi connectivity index (χ2n) is 8.21. The molecule has 0 amide bonds. The van der Waals surface area contributed by atoms with Crippen LogP contribution < -0.4 is 12.3 Å². The molecule has 0 rings (SSSR count). The van der Waals surface area contributed by atoms with E-state index in [0.717, 1.165) is 5.92 Å². The predicted octanol–water partition coefficient (Wildman–Crippen LogP) is 9.64. The fraction of sp³-hybridized carbons (Fsp3) is 1.00. The Hall–Kier alpha value is -0.0800. The third-order valence-electron chi connectivity index (χ3n) is 6.88. The van der Waals surface area contributed by atoms with Gasteiger partial charge in [0.2, 0.25) is 0 Å². The van der Waals surface area contributed by atoms with Crippen LogP contribution in [-0.2, 0) is 0 Å². The van der Waals surface area contributed by atoms with Gasteiger partial charge in [0, 0.05) is 0 Å². The second kappa shape index (κ2) is 21.2. The van der Waals surface area contributed by atoms with E-state index in [1.807, 2.05) is 0 Å². The molecule has 0 spiro atoms. The molecule has 0 aliphatic heterocycles. The smallest absolute Gasteiger partial charge is 0.0277 e. The Morgan fingerprint density at radius 2 is 0.846 bits per heavy atom. The highest BCUT2D eigenvalue weighted by Gasteiger charge is 2.31. The van der Waals surface area contributed by atoms with Gasteiger partial charge in [0.05, 0.1) is 0 Å². The first-order valence-corrected chi connectivity index (χ1v) is 11.7. The molecule has 0 aromatic heterocycles. The molecular formula is C24H56N2. The Bertz CT molecular complexity index is 240. The molecule has 0 saturated carbocycles. The number of hydrogen-bond donors (Lipinski definition) is 2. The van der Waals surface area contributed by atoms with Crippen molar-refractivity contribution in [3.8, 4) is 0 Å². The molecule has 2 nitrogen and oxygen atoms in total. The average Bonchev–Trinajstić information content (AvgIpc) is 2.62. The van der Waals surface area contributed by atoms with Crippen molar-refractivity contribution < 1.29 is 0 Å². The summed E-state index contributed by atoms with van der Waals surface area (Å²) in [4.78, 5) is 0. The topological polar surface area (TPSA) is 70.0 Å². The molecule has 0 saturated heterocycles. The molecule has 0 heterocycles. The first kappa shape index (κ1) is 30.6. The zero-order valence-corrected chi connectivity index (χ0v) is 19.5. The van der Waals surface area contributed by atoms with E-state index in [9.17, 15) is 0 Å². The van der Waals surface area contributed by atoms with Crippen molar-refractivity contribution >= 4 is 0 Å². The zero-order valence-electron chi connectivity index (χ0n) is 19.5. The number of hydrogen-bond acceptors (Lipinski definition) is 2. The SMILES string of the molecule is CCCCCCCCCCCCCCC(CC)C(CC)(CC)CC.N.N. The van der Waals surface area contributed by atoms with Crippen molar-refractivity contribution in [3.63, 3.8) is 0 Å². The molecule has 1 unspecified atom stereocenters. The molecule has 0 bridgehead atoms. The second-order valence-corrected chi connectivity index (χ2v) is 8.21. The molecule has 26 heavy (non-hydrogen) atoms. The van der Waals surface area contributed by atoms with Gasteiger partial charge in [-0.15, -0.1) is 0 Å². The molecule has 2 heteroatoms. The molecule has 0 aliphatic carbocycles. The normalized spacial score (nSPS) is 12.3. The maximum Gasteiger partial charge on any atom is -0.0277 e. The molecule has 162 valence electrons. The first-order valence-electron chi connectivity index (χ1n) is 11.7. The lowest BCUT2D eigenvalue weighted by Gasteiger charge is -2.39. The van der Waals surface area contributed by atoms with Crippen LogP contribution in [0, 0.1) is 11.3 Å². The van der Waals surface area contributed by atoms with E-state index in [2.05, 4.69) is 34.6 Å². The van der Waals surface area contributed by atoms with Gasteiger partial charge >= 0.3 is 0 Å². The molecule has 1 atom stereocenters. The quantitative estimate of drug-likeness (QED) is 0.235. The zero-order chi connectivity index (χ0) is 18.1. The minimum atomic E-state index is 0. The average molecular weight is 373 g/mol. The van der Waals surface area contributed by atoms with Gasteiger partial charge in [-0.25, -0.2) is 0 Å². The van der Waals surface area contributed by atoms with Crippen molar-refractivity contribution in [1.29, 1.82) is 0 Å². The molecule has 0 aromatic carbocycles. The highest BCUT2D eigenvalue weighted by molar-refractivity contribution is 4.82. The fourth-order valence-corrected chi connectivity index (χ4v) is 4.79. The summed E-state index contributed by atoms with van der Waals surface area (Å²) >= 11 is 0. The Kier molecular flexibility index (Phi) is 25.0. The summed E-state index contributed by atoms with van der Waals surface area (Å²) in [5, 5.41) is 0. The van der Waals surface area contributed by atoms with E-state index in [0.29, 0.717) is 5.41 Å². The van der Waals surface area contributed by atoms with Crippen LogP contribution in [0.25, 0.3) is 0 Å². The monoisotopic (exact) mass is 372 g/mol. The lowest BCUT2D eigenvalue weighted by Crippen LogP contribution is -2.28. The van der Waals surface area contributed by atoms with Gasteiger partial charge < -0.3 is 12.3 Å². The molecule has 0 aliphatic rings. The van der Waals surface area contributed by atoms with E-state index in [4.69, 9.17) is 0 Å². The summed E-state index contributed by atoms with van der Waals surface area (Å²) in [6, 6.07) is 0. The van der Waals surface area contributed by atoms with E-state index in [1.54, 1.807) is 0 Å². The minimum Gasteiger partial charge on any atom is -0.344 e. The molecule has 0 radical (unpaired) electrons.